The number of H-pyrrole nitrogens is 1. The zero-order chi connectivity index (χ0) is 18.8. The molecule has 1 amide bonds. The smallest absolute Gasteiger partial charge is 0.356 e. The Balaban J connectivity index is 0.00000225. The SMILES string of the molecule is Cl.O=C(O)c1n[nH]c2c1CN(C(=O)c1cn(CCC3CCCCN3)nn1)CC2. The first-order chi connectivity index (χ1) is 13.1. The van der Waals surface area contributed by atoms with E-state index in [1.54, 1.807) is 15.8 Å². The van der Waals surface area contributed by atoms with Gasteiger partial charge in [0.1, 0.15) is 0 Å². The normalized spacial score (nSPS) is 19.0. The highest BCUT2D eigenvalue weighted by molar-refractivity contribution is 5.92. The summed E-state index contributed by atoms with van der Waals surface area (Å²) in [4.78, 5) is 25.6. The van der Waals surface area contributed by atoms with Crippen LogP contribution in [0.4, 0.5) is 0 Å². The molecule has 28 heavy (non-hydrogen) atoms. The molecule has 1 atom stereocenters. The summed E-state index contributed by atoms with van der Waals surface area (Å²) >= 11 is 0. The second-order valence-corrected chi connectivity index (χ2v) is 7.11. The van der Waals surface area contributed by atoms with Gasteiger partial charge in [0, 0.05) is 36.8 Å². The first kappa shape index (κ1) is 20.3. The first-order valence-electron chi connectivity index (χ1n) is 9.34. The van der Waals surface area contributed by atoms with Crippen LogP contribution in [0.15, 0.2) is 6.20 Å². The lowest BCUT2D eigenvalue weighted by Gasteiger charge is -2.26. The van der Waals surface area contributed by atoms with Crippen molar-refractivity contribution in [3.8, 4) is 0 Å². The Morgan fingerprint density at radius 1 is 1.32 bits per heavy atom. The maximum absolute atomic E-state index is 12.8. The largest absolute Gasteiger partial charge is 0.476 e. The van der Waals surface area contributed by atoms with Gasteiger partial charge in [0.2, 0.25) is 0 Å². The molecule has 4 heterocycles. The number of hydrogen-bond acceptors (Lipinski definition) is 6. The molecule has 152 valence electrons. The van der Waals surface area contributed by atoms with Crippen molar-refractivity contribution in [2.75, 3.05) is 13.1 Å². The van der Waals surface area contributed by atoms with Crippen molar-refractivity contribution in [3.05, 3.63) is 28.8 Å². The molecular weight excluding hydrogens is 386 g/mol. The third kappa shape index (κ3) is 4.17. The lowest BCUT2D eigenvalue weighted by molar-refractivity contribution is 0.0673. The van der Waals surface area contributed by atoms with Crippen LogP contribution in [-0.2, 0) is 19.5 Å². The molecule has 3 N–H and O–H groups in total. The Labute approximate surface area is 168 Å². The Bertz CT molecular complexity index is 844. The van der Waals surface area contributed by atoms with Crippen molar-refractivity contribution >= 4 is 24.3 Å². The van der Waals surface area contributed by atoms with Gasteiger partial charge >= 0.3 is 5.97 Å². The Hall–Kier alpha value is -2.46. The summed E-state index contributed by atoms with van der Waals surface area (Å²) < 4.78 is 1.71. The van der Waals surface area contributed by atoms with Crippen LogP contribution in [0.3, 0.4) is 0 Å². The number of rotatable bonds is 5. The van der Waals surface area contributed by atoms with Gasteiger partial charge in [-0.25, -0.2) is 4.79 Å². The Kier molecular flexibility index (Phi) is 6.30. The van der Waals surface area contributed by atoms with Gasteiger partial charge in [-0.2, -0.15) is 5.10 Å². The predicted octanol–water partition coefficient (Wildman–Crippen LogP) is 0.852. The molecule has 0 radical (unpaired) electrons. The second-order valence-electron chi connectivity index (χ2n) is 7.11. The highest BCUT2D eigenvalue weighted by Gasteiger charge is 2.29. The van der Waals surface area contributed by atoms with Gasteiger partial charge in [0.05, 0.1) is 12.7 Å². The molecule has 2 aliphatic heterocycles. The number of aromatic amines is 1. The summed E-state index contributed by atoms with van der Waals surface area (Å²) in [6, 6.07) is 0.498. The van der Waals surface area contributed by atoms with Gasteiger partial charge < -0.3 is 15.3 Å². The van der Waals surface area contributed by atoms with Gasteiger partial charge in [-0.3, -0.25) is 14.6 Å². The number of aromatic nitrogens is 5. The number of halogens is 1. The number of aromatic carboxylic acids is 1. The van der Waals surface area contributed by atoms with Gasteiger partial charge in [-0.1, -0.05) is 11.6 Å². The minimum atomic E-state index is -1.09. The van der Waals surface area contributed by atoms with E-state index in [2.05, 4.69) is 25.8 Å². The molecule has 4 rings (SSSR count). The molecule has 2 aliphatic rings. The fourth-order valence-corrected chi connectivity index (χ4v) is 3.77. The molecule has 0 bridgehead atoms. The van der Waals surface area contributed by atoms with Crippen LogP contribution in [0.25, 0.3) is 0 Å². The average molecular weight is 410 g/mol. The zero-order valence-corrected chi connectivity index (χ0v) is 16.2. The molecule has 1 saturated heterocycles. The molecule has 2 aromatic rings. The Morgan fingerprint density at radius 2 is 2.18 bits per heavy atom. The fourth-order valence-electron chi connectivity index (χ4n) is 3.77. The summed E-state index contributed by atoms with van der Waals surface area (Å²) in [6.45, 7) is 2.49. The summed E-state index contributed by atoms with van der Waals surface area (Å²) in [5, 5.41) is 27.4. The number of carbonyl (C=O) groups excluding carboxylic acids is 1. The molecule has 1 fully saturated rings. The number of aryl methyl sites for hydroxylation is 1. The molecule has 0 aliphatic carbocycles. The second kappa shape index (κ2) is 8.70. The summed E-state index contributed by atoms with van der Waals surface area (Å²) in [6.07, 6.45) is 6.84. The monoisotopic (exact) mass is 409 g/mol. The molecule has 0 spiro atoms. The van der Waals surface area contributed by atoms with Crippen LogP contribution in [0.2, 0.25) is 0 Å². The Morgan fingerprint density at radius 3 is 2.93 bits per heavy atom. The van der Waals surface area contributed by atoms with Crippen molar-refractivity contribution in [1.82, 2.24) is 35.4 Å². The molecule has 2 aromatic heterocycles. The summed E-state index contributed by atoms with van der Waals surface area (Å²) in [5.74, 6) is -1.33. The van der Waals surface area contributed by atoms with Crippen LogP contribution in [0.5, 0.6) is 0 Å². The van der Waals surface area contributed by atoms with E-state index in [9.17, 15) is 14.7 Å². The minimum absolute atomic E-state index is 0. The van der Waals surface area contributed by atoms with Crippen LogP contribution in [0, 0.1) is 0 Å². The van der Waals surface area contributed by atoms with E-state index < -0.39 is 5.97 Å². The number of nitrogens with one attached hydrogen (secondary N) is 2. The third-order valence-corrected chi connectivity index (χ3v) is 5.30. The molecular formula is C17H24ClN7O3. The topological polar surface area (TPSA) is 129 Å². The first-order valence-corrected chi connectivity index (χ1v) is 9.34. The number of piperidine rings is 1. The molecule has 0 saturated carbocycles. The van der Waals surface area contributed by atoms with Crippen molar-refractivity contribution in [1.29, 1.82) is 0 Å². The lowest BCUT2D eigenvalue weighted by Crippen LogP contribution is -2.36. The maximum atomic E-state index is 12.8. The fraction of sp³-hybridized carbons (Fsp3) is 0.588. The summed E-state index contributed by atoms with van der Waals surface area (Å²) in [5.41, 5.74) is 1.61. The van der Waals surface area contributed by atoms with Crippen LogP contribution in [0.1, 0.15) is 57.9 Å². The van der Waals surface area contributed by atoms with Crippen molar-refractivity contribution in [2.45, 2.75) is 51.2 Å². The third-order valence-electron chi connectivity index (χ3n) is 5.30. The number of fused-ring (bicyclic) bond motifs is 1. The quantitative estimate of drug-likeness (QED) is 0.667. The molecule has 11 heteroatoms. The van der Waals surface area contributed by atoms with Crippen LogP contribution in [-0.4, -0.2) is 66.2 Å². The highest BCUT2D eigenvalue weighted by Crippen LogP contribution is 2.21. The highest BCUT2D eigenvalue weighted by atomic mass is 35.5. The predicted molar refractivity (Wildman–Crippen MR) is 102 cm³/mol. The lowest BCUT2D eigenvalue weighted by atomic mass is 10.0. The number of amides is 1. The van der Waals surface area contributed by atoms with E-state index in [0.717, 1.165) is 18.7 Å². The standard InChI is InChI=1S/C17H23N7O3.ClH/c25-16(23-7-5-13-12(9-23)15(17(26)27)21-19-13)14-10-24(22-20-14)8-4-11-3-1-2-6-18-11;/h10-11,18H,1-9H2,(H,19,21)(H,26,27);1H. The molecule has 0 aromatic carbocycles. The number of carbonyl (C=O) groups is 2. The molecule has 1 unspecified atom stereocenters. The number of carboxylic acid groups (broad SMARTS) is 1. The van der Waals surface area contributed by atoms with Crippen molar-refractivity contribution in [3.63, 3.8) is 0 Å². The number of carboxylic acids is 1. The minimum Gasteiger partial charge on any atom is -0.476 e. The van der Waals surface area contributed by atoms with E-state index in [-0.39, 0.29) is 36.2 Å². The zero-order valence-electron chi connectivity index (χ0n) is 15.4. The van der Waals surface area contributed by atoms with Gasteiger partial charge in [-0.05, 0) is 25.8 Å². The van der Waals surface area contributed by atoms with E-state index in [4.69, 9.17) is 0 Å². The molecule has 10 nitrogen and oxygen atoms in total. The van der Waals surface area contributed by atoms with E-state index in [0.29, 0.717) is 31.1 Å². The van der Waals surface area contributed by atoms with E-state index in [1.807, 2.05) is 0 Å². The van der Waals surface area contributed by atoms with E-state index >= 15 is 0 Å². The maximum Gasteiger partial charge on any atom is 0.356 e. The van der Waals surface area contributed by atoms with Gasteiger partial charge in [0.25, 0.3) is 5.91 Å². The van der Waals surface area contributed by atoms with Crippen molar-refractivity contribution in [2.24, 2.45) is 0 Å². The van der Waals surface area contributed by atoms with E-state index in [1.165, 1.54) is 19.3 Å². The van der Waals surface area contributed by atoms with Gasteiger partial charge in [-0.15, -0.1) is 17.5 Å². The number of nitrogens with zero attached hydrogens (tertiary/aromatic N) is 5. The number of hydrogen-bond donors (Lipinski definition) is 3. The average Bonchev–Trinajstić information content (AvgIpc) is 3.33. The van der Waals surface area contributed by atoms with Crippen LogP contribution >= 0.6 is 12.4 Å². The summed E-state index contributed by atoms with van der Waals surface area (Å²) in [7, 11) is 0. The van der Waals surface area contributed by atoms with Crippen LogP contribution < -0.4 is 5.32 Å². The van der Waals surface area contributed by atoms with Crippen molar-refractivity contribution < 1.29 is 14.7 Å². The van der Waals surface area contributed by atoms with Gasteiger partial charge in [0.15, 0.2) is 11.4 Å².